The Morgan fingerprint density at radius 1 is 1.14 bits per heavy atom. The Labute approximate surface area is 133 Å². The summed E-state index contributed by atoms with van der Waals surface area (Å²) in [5.41, 5.74) is 4.15. The molecule has 0 saturated carbocycles. The Bertz CT molecular complexity index is 847. The van der Waals surface area contributed by atoms with Gasteiger partial charge in [-0.15, -0.1) is 11.3 Å². The summed E-state index contributed by atoms with van der Waals surface area (Å²) in [6.45, 7) is 3.58. The topological polar surface area (TPSA) is 42.0 Å². The second kappa shape index (κ2) is 6.12. The number of aromatic nitrogens is 1. The molecule has 2 aromatic carbocycles. The highest BCUT2D eigenvalue weighted by atomic mass is 32.1. The van der Waals surface area contributed by atoms with E-state index in [2.05, 4.69) is 35.4 Å². The van der Waals surface area contributed by atoms with Crippen molar-refractivity contribution >= 4 is 45.3 Å². The summed E-state index contributed by atoms with van der Waals surface area (Å²) in [5, 5.41) is 3.75. The first kappa shape index (κ1) is 14.5. The number of nitrogens with zero attached hydrogens (tertiary/aromatic N) is 1. The van der Waals surface area contributed by atoms with Gasteiger partial charge in [0.05, 0.1) is 10.2 Å². The third-order valence-corrected chi connectivity index (χ3v) is 4.21. The highest BCUT2D eigenvalue weighted by molar-refractivity contribution is 7.19. The number of aryl methyl sites for hydroxylation is 1. The molecule has 0 radical (unpaired) electrons. The molecule has 1 N–H and O–H groups in total. The van der Waals surface area contributed by atoms with Gasteiger partial charge in [-0.2, -0.15) is 0 Å². The third-order valence-electron chi connectivity index (χ3n) is 3.21. The van der Waals surface area contributed by atoms with Crippen molar-refractivity contribution in [3.63, 3.8) is 0 Å². The standard InChI is InChI=1S/C18H16N2OS/c1-12-3-9-17-16(11-12)20-18(22-17)10-6-14-4-7-15(8-5-14)19-13(2)21/h3-11H,1-2H3,(H,19,21)/b10-6+. The van der Waals surface area contributed by atoms with Gasteiger partial charge in [0.2, 0.25) is 5.91 Å². The molecule has 1 aromatic heterocycles. The van der Waals surface area contributed by atoms with E-state index < -0.39 is 0 Å². The minimum Gasteiger partial charge on any atom is -0.326 e. The molecule has 3 nitrogen and oxygen atoms in total. The summed E-state index contributed by atoms with van der Waals surface area (Å²) in [5.74, 6) is -0.0620. The van der Waals surface area contributed by atoms with E-state index >= 15 is 0 Å². The van der Waals surface area contributed by atoms with Gasteiger partial charge in [0.1, 0.15) is 5.01 Å². The fourth-order valence-electron chi connectivity index (χ4n) is 2.17. The lowest BCUT2D eigenvalue weighted by Gasteiger charge is -2.01. The van der Waals surface area contributed by atoms with Crippen molar-refractivity contribution in [2.45, 2.75) is 13.8 Å². The minimum absolute atomic E-state index is 0.0620. The van der Waals surface area contributed by atoms with Gasteiger partial charge in [-0.1, -0.05) is 24.3 Å². The molecule has 4 heteroatoms. The van der Waals surface area contributed by atoms with Gasteiger partial charge in [-0.25, -0.2) is 4.98 Å². The number of thiazole rings is 1. The maximum absolute atomic E-state index is 11.0. The zero-order valence-corrected chi connectivity index (χ0v) is 13.3. The number of hydrogen-bond acceptors (Lipinski definition) is 3. The van der Waals surface area contributed by atoms with E-state index in [0.717, 1.165) is 21.8 Å². The van der Waals surface area contributed by atoms with E-state index in [4.69, 9.17) is 0 Å². The molecule has 0 aliphatic carbocycles. The van der Waals surface area contributed by atoms with Crippen LogP contribution in [0.4, 0.5) is 5.69 Å². The average Bonchev–Trinajstić information content (AvgIpc) is 2.88. The largest absolute Gasteiger partial charge is 0.326 e. The van der Waals surface area contributed by atoms with Crippen LogP contribution in [0.1, 0.15) is 23.1 Å². The van der Waals surface area contributed by atoms with E-state index in [1.165, 1.54) is 17.2 Å². The van der Waals surface area contributed by atoms with Gasteiger partial charge in [0, 0.05) is 12.6 Å². The smallest absolute Gasteiger partial charge is 0.221 e. The number of hydrogen-bond donors (Lipinski definition) is 1. The predicted octanol–water partition coefficient (Wildman–Crippen LogP) is 4.73. The molecular weight excluding hydrogens is 292 g/mol. The quantitative estimate of drug-likeness (QED) is 0.759. The number of nitrogens with one attached hydrogen (secondary N) is 1. The molecule has 0 unspecified atom stereocenters. The Morgan fingerprint density at radius 3 is 2.64 bits per heavy atom. The average molecular weight is 308 g/mol. The van der Waals surface area contributed by atoms with E-state index in [9.17, 15) is 4.79 Å². The molecule has 0 aliphatic rings. The van der Waals surface area contributed by atoms with Crippen LogP contribution in [0.3, 0.4) is 0 Å². The lowest BCUT2D eigenvalue weighted by molar-refractivity contribution is -0.114. The van der Waals surface area contributed by atoms with Gasteiger partial charge in [-0.3, -0.25) is 4.79 Å². The SMILES string of the molecule is CC(=O)Nc1ccc(/C=C/c2nc3cc(C)ccc3s2)cc1. The molecule has 1 heterocycles. The zero-order valence-electron chi connectivity index (χ0n) is 12.5. The van der Waals surface area contributed by atoms with Crippen LogP contribution in [-0.4, -0.2) is 10.9 Å². The van der Waals surface area contributed by atoms with Crippen LogP contribution < -0.4 is 5.32 Å². The van der Waals surface area contributed by atoms with Crippen molar-refractivity contribution in [3.05, 3.63) is 58.6 Å². The highest BCUT2D eigenvalue weighted by Gasteiger charge is 2.01. The lowest BCUT2D eigenvalue weighted by Crippen LogP contribution is -2.05. The second-order valence-electron chi connectivity index (χ2n) is 5.16. The van der Waals surface area contributed by atoms with Crippen LogP contribution in [0, 0.1) is 6.92 Å². The molecule has 0 saturated heterocycles. The van der Waals surface area contributed by atoms with Crippen molar-refractivity contribution in [1.29, 1.82) is 0 Å². The van der Waals surface area contributed by atoms with E-state index in [-0.39, 0.29) is 5.91 Å². The second-order valence-corrected chi connectivity index (χ2v) is 6.22. The maximum Gasteiger partial charge on any atom is 0.221 e. The fraction of sp³-hybridized carbons (Fsp3) is 0.111. The van der Waals surface area contributed by atoms with Crippen LogP contribution in [0.15, 0.2) is 42.5 Å². The number of anilines is 1. The molecule has 22 heavy (non-hydrogen) atoms. The van der Waals surface area contributed by atoms with Crippen molar-refractivity contribution in [1.82, 2.24) is 4.98 Å². The molecule has 0 bridgehead atoms. The fourth-order valence-corrected chi connectivity index (χ4v) is 3.03. The monoisotopic (exact) mass is 308 g/mol. The van der Waals surface area contributed by atoms with Gasteiger partial charge >= 0.3 is 0 Å². The van der Waals surface area contributed by atoms with Crippen LogP contribution >= 0.6 is 11.3 Å². The summed E-state index contributed by atoms with van der Waals surface area (Å²) in [6, 6.07) is 14.0. The first-order valence-corrected chi connectivity index (χ1v) is 7.85. The van der Waals surface area contributed by atoms with Crippen LogP contribution in [-0.2, 0) is 4.79 Å². The number of carbonyl (C=O) groups excluding carboxylic acids is 1. The summed E-state index contributed by atoms with van der Waals surface area (Å²) in [6.07, 6.45) is 4.05. The Kier molecular flexibility index (Phi) is 4.02. The molecular formula is C18H16N2OS. The molecule has 0 spiro atoms. The van der Waals surface area contributed by atoms with Gasteiger partial charge < -0.3 is 5.32 Å². The number of carbonyl (C=O) groups is 1. The Balaban J connectivity index is 1.78. The van der Waals surface area contributed by atoms with Crippen LogP contribution in [0.2, 0.25) is 0 Å². The summed E-state index contributed by atoms with van der Waals surface area (Å²) in [7, 11) is 0. The first-order valence-electron chi connectivity index (χ1n) is 7.03. The molecule has 0 fully saturated rings. The number of amides is 1. The highest BCUT2D eigenvalue weighted by Crippen LogP contribution is 2.24. The van der Waals surface area contributed by atoms with Crippen LogP contribution in [0.5, 0.6) is 0 Å². The molecule has 110 valence electrons. The molecule has 0 atom stereocenters. The van der Waals surface area contributed by atoms with Gasteiger partial charge in [-0.05, 0) is 48.4 Å². The van der Waals surface area contributed by atoms with E-state index in [0.29, 0.717) is 0 Å². The molecule has 0 aliphatic heterocycles. The van der Waals surface area contributed by atoms with Gasteiger partial charge in [0.15, 0.2) is 0 Å². The molecule has 3 rings (SSSR count). The van der Waals surface area contributed by atoms with Gasteiger partial charge in [0.25, 0.3) is 0 Å². The summed E-state index contributed by atoms with van der Waals surface area (Å²) < 4.78 is 1.20. The normalized spacial score (nSPS) is 11.2. The van der Waals surface area contributed by atoms with Crippen molar-refractivity contribution in [2.75, 3.05) is 5.32 Å². The third kappa shape index (κ3) is 3.40. The summed E-state index contributed by atoms with van der Waals surface area (Å²) in [4.78, 5) is 15.6. The van der Waals surface area contributed by atoms with Crippen LogP contribution in [0.25, 0.3) is 22.4 Å². The van der Waals surface area contributed by atoms with E-state index in [1.54, 1.807) is 11.3 Å². The number of benzene rings is 2. The number of fused-ring (bicyclic) bond motifs is 1. The predicted molar refractivity (Wildman–Crippen MR) is 94.0 cm³/mol. The zero-order chi connectivity index (χ0) is 15.5. The molecule has 3 aromatic rings. The maximum atomic E-state index is 11.0. The van der Waals surface area contributed by atoms with E-state index in [1.807, 2.05) is 36.4 Å². The Morgan fingerprint density at radius 2 is 1.91 bits per heavy atom. The number of rotatable bonds is 3. The molecule has 1 amide bonds. The lowest BCUT2D eigenvalue weighted by atomic mass is 10.2. The van der Waals surface area contributed by atoms with Crippen molar-refractivity contribution in [2.24, 2.45) is 0 Å². The van der Waals surface area contributed by atoms with Crippen molar-refractivity contribution < 1.29 is 4.79 Å². The summed E-state index contributed by atoms with van der Waals surface area (Å²) >= 11 is 1.68. The minimum atomic E-state index is -0.0620. The van der Waals surface area contributed by atoms with Crippen molar-refractivity contribution in [3.8, 4) is 0 Å². The first-order chi connectivity index (χ1) is 10.6. The Hall–Kier alpha value is -2.46.